The molecular formula is C29H43F3. The van der Waals surface area contributed by atoms with E-state index in [1.54, 1.807) is 0 Å². The first-order valence-corrected chi connectivity index (χ1v) is 13.1. The summed E-state index contributed by atoms with van der Waals surface area (Å²) in [6, 6.07) is 2.32. The highest BCUT2D eigenvalue weighted by molar-refractivity contribution is 5.23. The van der Waals surface area contributed by atoms with Crippen LogP contribution in [0.15, 0.2) is 12.1 Å². The van der Waals surface area contributed by atoms with E-state index in [1.807, 2.05) is 0 Å². The Balaban J connectivity index is 1.23. The minimum Gasteiger partial charge on any atom is -0.204 e. The van der Waals surface area contributed by atoms with Crippen molar-refractivity contribution in [3.63, 3.8) is 0 Å². The highest BCUT2D eigenvalue weighted by Gasteiger charge is 2.32. The molecule has 0 atom stereocenters. The van der Waals surface area contributed by atoms with Crippen molar-refractivity contribution in [1.82, 2.24) is 0 Å². The van der Waals surface area contributed by atoms with Crippen LogP contribution in [0.25, 0.3) is 0 Å². The van der Waals surface area contributed by atoms with Crippen molar-refractivity contribution in [3.05, 3.63) is 35.1 Å². The van der Waals surface area contributed by atoms with Crippen LogP contribution in [0.5, 0.6) is 0 Å². The van der Waals surface area contributed by atoms with Crippen LogP contribution in [0.3, 0.4) is 0 Å². The molecule has 0 radical (unpaired) electrons. The summed E-state index contributed by atoms with van der Waals surface area (Å²) in [5.41, 5.74) is 0.581. The molecule has 0 aliphatic heterocycles. The lowest BCUT2D eigenvalue weighted by atomic mass is 9.67. The quantitative estimate of drug-likeness (QED) is 0.361. The number of rotatable bonds is 7. The van der Waals surface area contributed by atoms with Crippen molar-refractivity contribution in [2.75, 3.05) is 0 Å². The third kappa shape index (κ3) is 6.11. The first-order chi connectivity index (χ1) is 17.0. The van der Waals surface area contributed by atoms with Crippen molar-refractivity contribution >= 4 is 0 Å². The summed E-state index contributed by atoms with van der Waals surface area (Å²) < 4.78 is 75.1. The number of hydrogen-bond donors (Lipinski definition) is 0. The van der Waals surface area contributed by atoms with Gasteiger partial charge in [-0.2, -0.15) is 0 Å². The van der Waals surface area contributed by atoms with Crippen molar-refractivity contribution < 1.29 is 18.7 Å². The van der Waals surface area contributed by atoms with Gasteiger partial charge in [-0.15, -0.1) is 0 Å². The van der Waals surface area contributed by atoms with Crippen LogP contribution < -0.4 is 0 Å². The molecule has 4 rings (SSSR count). The van der Waals surface area contributed by atoms with E-state index in [2.05, 4.69) is 6.92 Å². The summed E-state index contributed by atoms with van der Waals surface area (Å²) in [6.07, 6.45) is 10.1. The molecule has 0 bridgehead atoms. The standard InChI is InChI=1S/C29H43F3/c1-2-3-20-4-6-21(7-5-20)8-9-22-10-12-23(13-11-22)24-14-16-25(17-15-24)26-18-27(30)29(32)28(31)19-26/h18-25H,2-17H2,1H3/i6D2,7D2. The minimum atomic E-state index is -1.42. The van der Waals surface area contributed by atoms with Crippen molar-refractivity contribution in [2.45, 2.75) is 115 Å². The van der Waals surface area contributed by atoms with E-state index < -0.39 is 36.1 Å². The van der Waals surface area contributed by atoms with Gasteiger partial charge in [0, 0.05) is 5.48 Å². The van der Waals surface area contributed by atoms with Gasteiger partial charge in [0.2, 0.25) is 0 Å². The molecule has 0 spiro atoms. The number of hydrogen-bond acceptors (Lipinski definition) is 0. The van der Waals surface area contributed by atoms with Gasteiger partial charge in [-0.25, -0.2) is 13.2 Å². The molecule has 1 aromatic rings. The third-order valence-electron chi connectivity index (χ3n) is 8.67. The Hall–Kier alpha value is -0.990. The topological polar surface area (TPSA) is 0 Å². The Morgan fingerprint density at radius 1 is 0.688 bits per heavy atom. The maximum Gasteiger partial charge on any atom is 0.194 e. The van der Waals surface area contributed by atoms with Crippen LogP contribution in [0.4, 0.5) is 13.2 Å². The molecule has 0 aromatic heterocycles. The van der Waals surface area contributed by atoms with Gasteiger partial charge in [-0.05, 0) is 91.7 Å². The molecule has 0 amide bonds. The van der Waals surface area contributed by atoms with E-state index in [0.717, 1.165) is 69.9 Å². The van der Waals surface area contributed by atoms with Crippen LogP contribution in [-0.4, -0.2) is 0 Å². The molecule has 3 aliphatic carbocycles. The van der Waals surface area contributed by atoms with Crippen molar-refractivity contribution in [1.29, 1.82) is 0 Å². The Labute approximate surface area is 199 Å². The second kappa shape index (κ2) is 11.4. The van der Waals surface area contributed by atoms with E-state index in [4.69, 9.17) is 5.48 Å². The molecule has 180 valence electrons. The lowest BCUT2D eigenvalue weighted by Crippen LogP contribution is -2.26. The monoisotopic (exact) mass is 452 g/mol. The summed E-state index contributed by atoms with van der Waals surface area (Å²) in [7, 11) is 0. The molecule has 0 saturated heterocycles. The average Bonchev–Trinajstić information content (AvgIpc) is 2.81. The Kier molecular flexibility index (Phi) is 6.90. The summed E-state index contributed by atoms with van der Waals surface area (Å²) >= 11 is 0. The highest BCUT2D eigenvalue weighted by atomic mass is 19.2. The van der Waals surface area contributed by atoms with Crippen LogP contribution in [0, 0.1) is 47.0 Å². The molecule has 3 heteroatoms. The maximum absolute atomic E-state index is 13.7. The molecule has 3 aliphatic rings. The number of benzene rings is 1. The SMILES string of the molecule is [2H]C1([2H])CC(CCC)CC([2H])([2H])C1CCC1CCC(C2CCC(c3cc(F)c(F)c(F)c3)CC2)CC1. The smallest absolute Gasteiger partial charge is 0.194 e. The first kappa shape index (κ1) is 19.3. The van der Waals surface area contributed by atoms with E-state index in [1.165, 1.54) is 12.8 Å². The van der Waals surface area contributed by atoms with Crippen LogP contribution in [-0.2, 0) is 0 Å². The van der Waals surface area contributed by atoms with Crippen LogP contribution >= 0.6 is 0 Å². The van der Waals surface area contributed by atoms with Gasteiger partial charge in [0.25, 0.3) is 0 Å². The highest BCUT2D eigenvalue weighted by Crippen LogP contribution is 2.45. The lowest BCUT2D eigenvalue weighted by molar-refractivity contribution is 0.149. The fourth-order valence-electron chi connectivity index (χ4n) is 6.66. The zero-order chi connectivity index (χ0) is 26.1. The zero-order valence-corrected chi connectivity index (χ0v) is 19.7. The van der Waals surface area contributed by atoms with Gasteiger partial charge < -0.3 is 0 Å². The van der Waals surface area contributed by atoms with Gasteiger partial charge in [0.15, 0.2) is 17.5 Å². The van der Waals surface area contributed by atoms with Crippen molar-refractivity contribution in [3.8, 4) is 0 Å². The summed E-state index contributed by atoms with van der Waals surface area (Å²) in [5.74, 6) is -1.97. The fourth-order valence-corrected chi connectivity index (χ4v) is 6.66. The van der Waals surface area contributed by atoms with Crippen LogP contribution in [0.2, 0.25) is 0 Å². The molecule has 0 heterocycles. The predicted molar refractivity (Wildman–Crippen MR) is 126 cm³/mol. The van der Waals surface area contributed by atoms with Gasteiger partial charge in [0.05, 0.1) is 0 Å². The summed E-state index contributed by atoms with van der Waals surface area (Å²) in [6.45, 7) is 2.09. The van der Waals surface area contributed by atoms with E-state index in [-0.39, 0.29) is 11.8 Å². The average molecular weight is 453 g/mol. The zero-order valence-electron chi connectivity index (χ0n) is 23.7. The predicted octanol–water partition coefficient (Wildman–Crippen LogP) is 9.57. The molecule has 1 aromatic carbocycles. The molecule has 3 fully saturated rings. The molecule has 3 saturated carbocycles. The second-order valence-electron chi connectivity index (χ2n) is 10.8. The Morgan fingerprint density at radius 2 is 1.19 bits per heavy atom. The fraction of sp³-hybridized carbons (Fsp3) is 0.793. The molecule has 32 heavy (non-hydrogen) atoms. The summed E-state index contributed by atoms with van der Waals surface area (Å²) in [5, 5.41) is 0. The second-order valence-corrected chi connectivity index (χ2v) is 10.8. The van der Waals surface area contributed by atoms with E-state index in [0.29, 0.717) is 42.6 Å². The Morgan fingerprint density at radius 3 is 1.75 bits per heavy atom. The van der Waals surface area contributed by atoms with Gasteiger partial charge in [-0.3, -0.25) is 0 Å². The normalized spacial score (nSPS) is 38.9. The first-order valence-electron chi connectivity index (χ1n) is 15.1. The Bertz CT molecular complexity index is 832. The van der Waals surface area contributed by atoms with Gasteiger partial charge >= 0.3 is 0 Å². The minimum absolute atomic E-state index is 0.0969. The molecule has 0 nitrogen and oxygen atoms in total. The third-order valence-corrected chi connectivity index (χ3v) is 8.67. The molecule has 0 unspecified atom stereocenters. The van der Waals surface area contributed by atoms with Crippen LogP contribution in [0.1, 0.15) is 127 Å². The van der Waals surface area contributed by atoms with Gasteiger partial charge in [-0.1, -0.05) is 71.0 Å². The molecular weight excluding hydrogens is 405 g/mol. The molecule has 0 N–H and O–H groups in total. The van der Waals surface area contributed by atoms with Gasteiger partial charge in [0.1, 0.15) is 0 Å². The van der Waals surface area contributed by atoms with E-state index in [9.17, 15) is 13.2 Å². The van der Waals surface area contributed by atoms with Crippen molar-refractivity contribution in [2.24, 2.45) is 29.6 Å². The van der Waals surface area contributed by atoms with E-state index >= 15 is 0 Å². The lowest BCUT2D eigenvalue weighted by Gasteiger charge is -2.38. The maximum atomic E-state index is 13.7. The number of halogens is 3. The largest absolute Gasteiger partial charge is 0.204 e. The summed E-state index contributed by atoms with van der Waals surface area (Å²) in [4.78, 5) is 0.